The van der Waals surface area contributed by atoms with E-state index in [1.807, 2.05) is 75.4 Å². The highest BCUT2D eigenvalue weighted by Crippen LogP contribution is 2.22. The van der Waals surface area contributed by atoms with Crippen molar-refractivity contribution in [3.63, 3.8) is 0 Å². The first-order valence-electron chi connectivity index (χ1n) is 14.2. The molecule has 0 spiro atoms. The fourth-order valence-corrected chi connectivity index (χ4v) is 5.55. The molecule has 43 heavy (non-hydrogen) atoms. The van der Waals surface area contributed by atoms with Gasteiger partial charge in [0.15, 0.2) is 0 Å². The SMILES string of the molecule is CCOC(=O)C(CSC#Cc1c(C)cc(C)cc1C)NC(=O)C(Cc1c[nH]c2ccccc12)C(=O)OCc1ccccc1. The summed E-state index contributed by atoms with van der Waals surface area (Å²) in [5.74, 6) is 0.274. The van der Waals surface area contributed by atoms with E-state index in [9.17, 15) is 14.4 Å². The van der Waals surface area contributed by atoms with Gasteiger partial charge in [0, 0.05) is 28.4 Å². The molecule has 0 radical (unpaired) electrons. The van der Waals surface area contributed by atoms with E-state index in [4.69, 9.17) is 9.47 Å². The molecule has 1 amide bonds. The van der Waals surface area contributed by atoms with Crippen LogP contribution in [0.5, 0.6) is 0 Å². The van der Waals surface area contributed by atoms with Crippen molar-refractivity contribution in [1.29, 1.82) is 0 Å². The van der Waals surface area contributed by atoms with E-state index in [1.165, 1.54) is 17.3 Å². The van der Waals surface area contributed by atoms with Crippen LogP contribution in [-0.2, 0) is 36.9 Å². The first kappa shape index (κ1) is 31.5. The first-order valence-corrected chi connectivity index (χ1v) is 15.2. The maximum absolute atomic E-state index is 13.7. The van der Waals surface area contributed by atoms with Gasteiger partial charge in [0.1, 0.15) is 18.6 Å². The molecule has 0 aliphatic carbocycles. The van der Waals surface area contributed by atoms with E-state index in [1.54, 1.807) is 13.1 Å². The van der Waals surface area contributed by atoms with E-state index in [2.05, 4.69) is 33.6 Å². The van der Waals surface area contributed by atoms with E-state index in [0.717, 1.165) is 38.7 Å². The third-order valence-corrected chi connectivity index (χ3v) is 7.73. The van der Waals surface area contributed by atoms with Crippen LogP contribution in [-0.4, -0.2) is 41.2 Å². The summed E-state index contributed by atoms with van der Waals surface area (Å²) in [6.07, 6.45) is 1.89. The minimum Gasteiger partial charge on any atom is -0.464 e. The predicted molar refractivity (Wildman–Crippen MR) is 170 cm³/mol. The van der Waals surface area contributed by atoms with Crippen molar-refractivity contribution in [2.45, 2.75) is 46.8 Å². The molecule has 2 atom stereocenters. The second kappa shape index (κ2) is 15.1. The van der Waals surface area contributed by atoms with Crippen molar-refractivity contribution in [1.82, 2.24) is 10.3 Å². The highest BCUT2D eigenvalue weighted by molar-refractivity contribution is 8.03. The summed E-state index contributed by atoms with van der Waals surface area (Å²) in [6.45, 7) is 7.96. The summed E-state index contributed by atoms with van der Waals surface area (Å²) in [5, 5.41) is 6.73. The van der Waals surface area contributed by atoms with E-state index in [0.29, 0.717) is 0 Å². The predicted octanol–water partition coefficient (Wildman–Crippen LogP) is 5.79. The van der Waals surface area contributed by atoms with Gasteiger partial charge in [-0.3, -0.25) is 9.59 Å². The molecule has 0 aliphatic heterocycles. The fourth-order valence-electron chi connectivity index (χ4n) is 4.91. The number of aromatic nitrogens is 1. The lowest BCUT2D eigenvalue weighted by Gasteiger charge is -2.20. The van der Waals surface area contributed by atoms with Gasteiger partial charge in [0.05, 0.1) is 6.61 Å². The number of hydrogen-bond acceptors (Lipinski definition) is 6. The molecule has 1 aromatic heterocycles. The average Bonchev–Trinajstić information content (AvgIpc) is 3.40. The number of aromatic amines is 1. The van der Waals surface area contributed by atoms with E-state index >= 15 is 0 Å². The van der Waals surface area contributed by atoms with Crippen molar-refractivity contribution < 1.29 is 23.9 Å². The van der Waals surface area contributed by atoms with Crippen LogP contribution in [0, 0.1) is 37.9 Å². The molecule has 0 saturated heterocycles. The van der Waals surface area contributed by atoms with Gasteiger partial charge in [-0.25, -0.2) is 4.79 Å². The molecule has 2 N–H and O–H groups in total. The number of aryl methyl sites for hydroxylation is 3. The Bertz CT molecular complexity index is 1630. The highest BCUT2D eigenvalue weighted by Gasteiger charge is 2.33. The van der Waals surface area contributed by atoms with Gasteiger partial charge in [-0.15, -0.1) is 0 Å². The summed E-state index contributed by atoms with van der Waals surface area (Å²) in [5.41, 5.74) is 6.76. The number of fused-ring (bicyclic) bond motifs is 1. The number of carbonyl (C=O) groups excluding carboxylic acids is 3. The van der Waals surface area contributed by atoms with E-state index in [-0.39, 0.29) is 25.4 Å². The summed E-state index contributed by atoms with van der Waals surface area (Å²) in [4.78, 5) is 43.1. The van der Waals surface area contributed by atoms with Crippen LogP contribution in [0.2, 0.25) is 0 Å². The maximum Gasteiger partial charge on any atom is 0.329 e. The van der Waals surface area contributed by atoms with Crippen LogP contribution in [0.15, 0.2) is 72.9 Å². The van der Waals surface area contributed by atoms with Crippen molar-refractivity contribution in [2.24, 2.45) is 5.92 Å². The quantitative estimate of drug-likeness (QED) is 0.129. The van der Waals surface area contributed by atoms with Gasteiger partial charge in [0.2, 0.25) is 5.91 Å². The number of H-pyrrole nitrogens is 1. The Hall–Kier alpha value is -4.48. The maximum atomic E-state index is 13.7. The molecule has 0 bridgehead atoms. The number of nitrogens with one attached hydrogen (secondary N) is 2. The lowest BCUT2D eigenvalue weighted by Crippen LogP contribution is -2.48. The molecule has 222 valence electrons. The molecule has 7 nitrogen and oxygen atoms in total. The minimum absolute atomic E-state index is 0.0297. The third-order valence-electron chi connectivity index (χ3n) is 6.99. The van der Waals surface area contributed by atoms with E-state index < -0.39 is 29.8 Å². The zero-order valence-corrected chi connectivity index (χ0v) is 25.7. The number of esters is 2. The highest BCUT2D eigenvalue weighted by atomic mass is 32.2. The largest absolute Gasteiger partial charge is 0.464 e. The van der Waals surface area contributed by atoms with Crippen LogP contribution in [0.1, 0.15) is 40.3 Å². The molecular formula is C35H36N2O5S. The Morgan fingerprint density at radius 2 is 1.63 bits per heavy atom. The van der Waals surface area contributed by atoms with Gasteiger partial charge in [-0.2, -0.15) is 0 Å². The molecular weight excluding hydrogens is 560 g/mol. The monoisotopic (exact) mass is 596 g/mol. The number of ether oxygens (including phenoxy) is 2. The number of benzene rings is 3. The van der Waals surface area contributed by atoms with Gasteiger partial charge < -0.3 is 19.8 Å². The molecule has 8 heteroatoms. The number of hydrogen-bond donors (Lipinski definition) is 2. The molecule has 4 rings (SSSR count). The number of rotatable bonds is 11. The van der Waals surface area contributed by atoms with Crippen LogP contribution >= 0.6 is 11.8 Å². The minimum atomic E-state index is -1.19. The van der Waals surface area contributed by atoms with Crippen LogP contribution in [0.3, 0.4) is 0 Å². The second-order valence-electron chi connectivity index (χ2n) is 10.3. The summed E-state index contributed by atoms with van der Waals surface area (Å²) >= 11 is 1.21. The smallest absolute Gasteiger partial charge is 0.329 e. The first-order chi connectivity index (χ1) is 20.8. The lowest BCUT2D eigenvalue weighted by molar-refractivity contribution is -0.155. The molecule has 0 fully saturated rings. The average molecular weight is 597 g/mol. The summed E-state index contributed by atoms with van der Waals surface area (Å²) < 4.78 is 10.8. The Morgan fingerprint density at radius 1 is 0.930 bits per heavy atom. The zero-order chi connectivity index (χ0) is 30.8. The van der Waals surface area contributed by atoms with Crippen LogP contribution in [0.25, 0.3) is 10.9 Å². The van der Waals surface area contributed by atoms with Gasteiger partial charge in [-0.1, -0.05) is 83.9 Å². The molecule has 1 heterocycles. The number of para-hydroxylation sites is 1. The standard InChI is InChI=1S/C35H36N2O5S/c1-5-41-35(40)32(22-43-16-15-28-24(3)17-23(2)18-25(28)4)37-33(38)30(34(39)42-21-26-11-7-6-8-12-26)19-27-20-36-31-14-10-9-13-29(27)31/h6-14,17-18,20,30,32,36H,5,19,21-22H2,1-4H3,(H,37,38). The van der Waals surface area contributed by atoms with Gasteiger partial charge in [0.25, 0.3) is 0 Å². The number of carbonyl (C=O) groups is 3. The Kier molecular flexibility index (Phi) is 11.1. The Morgan fingerprint density at radius 3 is 2.35 bits per heavy atom. The van der Waals surface area contributed by atoms with Crippen molar-refractivity contribution in [3.05, 3.63) is 106 Å². The summed E-state index contributed by atoms with van der Waals surface area (Å²) in [7, 11) is 0. The van der Waals surface area contributed by atoms with Gasteiger partial charge in [-0.05, 0) is 67.7 Å². The number of amides is 1. The van der Waals surface area contributed by atoms with Crippen LogP contribution < -0.4 is 5.32 Å². The molecule has 0 saturated carbocycles. The van der Waals surface area contributed by atoms with Crippen molar-refractivity contribution in [2.75, 3.05) is 12.4 Å². The molecule has 3 aromatic carbocycles. The molecule has 0 aliphatic rings. The molecule has 4 aromatic rings. The normalized spacial score (nSPS) is 12.1. The van der Waals surface area contributed by atoms with Crippen LogP contribution in [0.4, 0.5) is 0 Å². The topological polar surface area (TPSA) is 97.5 Å². The Balaban J connectivity index is 1.52. The summed E-state index contributed by atoms with van der Waals surface area (Å²) in [6, 6.07) is 20.1. The fraction of sp³-hybridized carbons (Fsp3) is 0.286. The lowest BCUT2D eigenvalue weighted by atomic mass is 9.97. The van der Waals surface area contributed by atoms with Crippen molar-refractivity contribution >= 4 is 40.5 Å². The molecule has 2 unspecified atom stereocenters. The zero-order valence-electron chi connectivity index (χ0n) is 24.9. The number of thioether (sulfide) groups is 1. The Labute approximate surface area is 256 Å². The second-order valence-corrected chi connectivity index (χ2v) is 11.2. The third kappa shape index (κ3) is 8.52. The van der Waals surface area contributed by atoms with Gasteiger partial charge >= 0.3 is 11.9 Å². The van der Waals surface area contributed by atoms with Crippen molar-refractivity contribution in [3.8, 4) is 11.2 Å².